The number of carbonyl (C=O) groups is 2. The first kappa shape index (κ1) is 42.7. The van der Waals surface area contributed by atoms with Crippen LogP contribution in [-0.4, -0.2) is 23.1 Å². The van der Waals surface area contributed by atoms with Crippen LogP contribution in [0, 0.1) is 0 Å². The minimum atomic E-state index is -0.722. The minimum Gasteiger partial charge on any atom is -0.481 e. The molecule has 1 atom stereocenters. The summed E-state index contributed by atoms with van der Waals surface area (Å²) in [6.07, 6.45) is 44.5. The topological polar surface area (TPSA) is 63.6 Å². The van der Waals surface area contributed by atoms with Gasteiger partial charge in [-0.15, -0.1) is 0 Å². The van der Waals surface area contributed by atoms with Crippen LogP contribution in [0.1, 0.15) is 226 Å². The molecule has 1 N–H and O–H groups in total. The highest BCUT2D eigenvalue weighted by Crippen LogP contribution is 2.17. The summed E-state index contributed by atoms with van der Waals surface area (Å²) >= 11 is 0. The number of aliphatic carboxylic acids is 1. The van der Waals surface area contributed by atoms with Gasteiger partial charge < -0.3 is 9.84 Å². The summed E-state index contributed by atoms with van der Waals surface area (Å²) in [5, 5.41) is 8.75. The Morgan fingerprint density at radius 2 is 0.864 bits per heavy atom. The Balaban J connectivity index is 3.50. The van der Waals surface area contributed by atoms with Crippen molar-refractivity contribution in [2.24, 2.45) is 0 Å². The van der Waals surface area contributed by atoms with Crippen LogP contribution in [0.4, 0.5) is 0 Å². The molecule has 0 aromatic carbocycles. The third-order valence-electron chi connectivity index (χ3n) is 8.95. The van der Waals surface area contributed by atoms with E-state index in [1.165, 1.54) is 141 Å². The molecule has 0 aliphatic heterocycles. The van der Waals surface area contributed by atoms with Crippen molar-refractivity contribution in [3.8, 4) is 0 Å². The molecule has 0 saturated heterocycles. The van der Waals surface area contributed by atoms with Crippen LogP contribution < -0.4 is 0 Å². The van der Waals surface area contributed by atoms with Crippen molar-refractivity contribution in [1.29, 1.82) is 0 Å². The predicted octanol–water partition coefficient (Wildman–Crippen LogP) is 13.5. The van der Waals surface area contributed by atoms with Gasteiger partial charge in [-0.05, 0) is 38.2 Å². The summed E-state index contributed by atoms with van der Waals surface area (Å²) in [5.74, 6) is -0.791. The number of carboxylic acids is 1. The van der Waals surface area contributed by atoms with Gasteiger partial charge in [0.2, 0.25) is 0 Å². The summed E-state index contributed by atoms with van der Waals surface area (Å²) in [5.41, 5.74) is 0. The molecule has 4 heteroatoms. The lowest BCUT2D eigenvalue weighted by Crippen LogP contribution is -2.16. The minimum absolute atomic E-state index is 0.0687. The third-order valence-corrected chi connectivity index (χ3v) is 8.95. The van der Waals surface area contributed by atoms with Gasteiger partial charge in [-0.25, -0.2) is 0 Å². The zero-order valence-corrected chi connectivity index (χ0v) is 29.7. The summed E-state index contributed by atoms with van der Waals surface area (Å²) < 4.78 is 5.77. The maximum Gasteiger partial charge on any atom is 0.306 e. The molecule has 0 aliphatic rings. The molecule has 4 nitrogen and oxygen atoms in total. The summed E-state index contributed by atoms with van der Waals surface area (Å²) in [6.45, 7) is 4.44. The molecule has 260 valence electrons. The Morgan fingerprint density at radius 3 is 1.25 bits per heavy atom. The van der Waals surface area contributed by atoms with E-state index in [0.29, 0.717) is 6.42 Å². The predicted molar refractivity (Wildman–Crippen MR) is 190 cm³/mol. The van der Waals surface area contributed by atoms with Gasteiger partial charge in [-0.1, -0.05) is 187 Å². The van der Waals surface area contributed by atoms with E-state index < -0.39 is 5.97 Å². The van der Waals surface area contributed by atoms with E-state index >= 15 is 0 Å². The molecule has 0 bridgehead atoms. The normalized spacial score (nSPS) is 12.2. The fraction of sp³-hybridized carbons (Fsp3) is 0.900. The molecule has 0 saturated carbocycles. The van der Waals surface area contributed by atoms with Gasteiger partial charge in [0, 0.05) is 12.8 Å². The SMILES string of the molecule is CCC/C=C\C(CCCCCCC(=O)O)OC(=O)CCCCCCCCCCCCCCCCCCCCCCCCCC. The lowest BCUT2D eigenvalue weighted by Gasteiger charge is -2.14. The molecular formula is C40H76O4. The number of unbranched alkanes of at least 4 members (excludes halogenated alkanes) is 27. The monoisotopic (exact) mass is 621 g/mol. The van der Waals surface area contributed by atoms with Crippen molar-refractivity contribution in [2.75, 3.05) is 0 Å². The summed E-state index contributed by atoms with van der Waals surface area (Å²) in [6, 6.07) is 0. The van der Waals surface area contributed by atoms with Crippen LogP contribution >= 0.6 is 0 Å². The molecule has 0 rings (SSSR count). The fourth-order valence-corrected chi connectivity index (χ4v) is 6.04. The van der Waals surface area contributed by atoms with Crippen LogP contribution in [0.2, 0.25) is 0 Å². The average molecular weight is 621 g/mol. The van der Waals surface area contributed by atoms with Crippen molar-refractivity contribution in [3.63, 3.8) is 0 Å². The van der Waals surface area contributed by atoms with Crippen LogP contribution in [0.5, 0.6) is 0 Å². The number of carbonyl (C=O) groups excluding carboxylic acids is 1. The molecule has 0 amide bonds. The molecule has 0 radical (unpaired) electrons. The van der Waals surface area contributed by atoms with Crippen molar-refractivity contribution in [3.05, 3.63) is 12.2 Å². The van der Waals surface area contributed by atoms with Crippen LogP contribution in [0.25, 0.3) is 0 Å². The van der Waals surface area contributed by atoms with Crippen LogP contribution in [0.15, 0.2) is 12.2 Å². The number of carboxylic acid groups (broad SMARTS) is 1. The lowest BCUT2D eigenvalue weighted by atomic mass is 10.0. The highest BCUT2D eigenvalue weighted by molar-refractivity contribution is 5.69. The highest BCUT2D eigenvalue weighted by atomic mass is 16.5. The lowest BCUT2D eigenvalue weighted by molar-refractivity contribution is -0.147. The van der Waals surface area contributed by atoms with Gasteiger partial charge in [-0.3, -0.25) is 9.59 Å². The van der Waals surface area contributed by atoms with E-state index in [-0.39, 0.29) is 18.5 Å². The van der Waals surface area contributed by atoms with Crippen molar-refractivity contribution in [2.45, 2.75) is 232 Å². The molecule has 0 aromatic rings. The van der Waals surface area contributed by atoms with Crippen LogP contribution in [-0.2, 0) is 14.3 Å². The number of rotatable bonds is 36. The Labute approximate surface area is 275 Å². The second-order valence-corrected chi connectivity index (χ2v) is 13.5. The second kappa shape index (κ2) is 36.2. The molecular weight excluding hydrogens is 544 g/mol. The van der Waals surface area contributed by atoms with E-state index in [4.69, 9.17) is 9.84 Å². The molecule has 0 aromatic heterocycles. The zero-order valence-electron chi connectivity index (χ0n) is 29.7. The van der Waals surface area contributed by atoms with Gasteiger partial charge >= 0.3 is 11.9 Å². The fourth-order valence-electron chi connectivity index (χ4n) is 6.04. The Morgan fingerprint density at radius 1 is 0.500 bits per heavy atom. The first-order valence-electron chi connectivity index (χ1n) is 19.7. The summed E-state index contributed by atoms with van der Waals surface area (Å²) in [7, 11) is 0. The maximum absolute atomic E-state index is 12.4. The Kier molecular flexibility index (Phi) is 35.1. The quantitative estimate of drug-likeness (QED) is 0.0430. The number of ether oxygens (including phenoxy) is 1. The molecule has 0 spiro atoms. The van der Waals surface area contributed by atoms with Gasteiger partial charge in [0.25, 0.3) is 0 Å². The largest absolute Gasteiger partial charge is 0.481 e. The summed E-state index contributed by atoms with van der Waals surface area (Å²) in [4.78, 5) is 23.0. The first-order valence-corrected chi connectivity index (χ1v) is 19.7. The number of allylic oxidation sites excluding steroid dienone is 1. The molecule has 44 heavy (non-hydrogen) atoms. The van der Waals surface area contributed by atoms with E-state index in [2.05, 4.69) is 26.0 Å². The van der Waals surface area contributed by atoms with Gasteiger partial charge in [-0.2, -0.15) is 0 Å². The van der Waals surface area contributed by atoms with Gasteiger partial charge in [0.15, 0.2) is 0 Å². The molecule has 0 heterocycles. The van der Waals surface area contributed by atoms with Crippen molar-refractivity contribution in [1.82, 2.24) is 0 Å². The van der Waals surface area contributed by atoms with Gasteiger partial charge in [0.05, 0.1) is 0 Å². The van der Waals surface area contributed by atoms with E-state index in [0.717, 1.165) is 57.8 Å². The van der Waals surface area contributed by atoms with Crippen molar-refractivity contribution < 1.29 is 19.4 Å². The third kappa shape index (κ3) is 35.2. The zero-order chi connectivity index (χ0) is 32.2. The smallest absolute Gasteiger partial charge is 0.306 e. The average Bonchev–Trinajstić information content (AvgIpc) is 3.00. The highest BCUT2D eigenvalue weighted by Gasteiger charge is 2.11. The molecule has 0 aliphatic carbocycles. The Bertz CT molecular complexity index is 629. The second-order valence-electron chi connectivity index (χ2n) is 13.5. The van der Waals surface area contributed by atoms with Crippen LogP contribution in [0.3, 0.4) is 0 Å². The van der Waals surface area contributed by atoms with E-state index in [1.807, 2.05) is 0 Å². The number of hydrogen-bond donors (Lipinski definition) is 1. The van der Waals surface area contributed by atoms with E-state index in [9.17, 15) is 9.59 Å². The molecule has 0 fully saturated rings. The number of hydrogen-bond acceptors (Lipinski definition) is 3. The maximum atomic E-state index is 12.4. The molecule has 1 unspecified atom stereocenters. The van der Waals surface area contributed by atoms with E-state index in [1.54, 1.807) is 0 Å². The van der Waals surface area contributed by atoms with Crippen molar-refractivity contribution >= 4 is 11.9 Å². The standard InChI is InChI=1S/C40H76O4/c1-3-5-7-8-9-10-11-12-13-14-15-16-17-18-19-20-21-22-23-24-25-26-27-33-37-40(43)44-38(34-30-6-4-2)35-31-28-29-32-36-39(41)42/h30,34,38H,3-29,31-33,35-37H2,1-2H3,(H,41,42)/b34-30-. The van der Waals surface area contributed by atoms with Gasteiger partial charge in [0.1, 0.15) is 6.10 Å². The number of esters is 1. The Hall–Kier alpha value is -1.32. The first-order chi connectivity index (χ1) is 21.6.